The molecule has 0 aliphatic carbocycles. The second-order valence-electron chi connectivity index (χ2n) is 3.50. The van der Waals surface area contributed by atoms with Gasteiger partial charge >= 0.3 is 118 Å². The maximum absolute atomic E-state index is 12.2. The van der Waals surface area contributed by atoms with E-state index >= 15 is 0 Å². The average molecular weight is 345 g/mol. The van der Waals surface area contributed by atoms with Crippen molar-refractivity contribution in [2.45, 2.75) is 0 Å². The molecular formula is C11H5Cl2N3OSe. The molecule has 0 amide bonds. The molecule has 0 unspecified atom stereocenters. The summed E-state index contributed by atoms with van der Waals surface area (Å²) in [5.74, 6) is 0.258. The van der Waals surface area contributed by atoms with E-state index in [1.54, 1.807) is 6.07 Å². The van der Waals surface area contributed by atoms with Gasteiger partial charge in [0.25, 0.3) is 0 Å². The van der Waals surface area contributed by atoms with Gasteiger partial charge in [0.2, 0.25) is 0 Å². The molecule has 3 rings (SSSR count). The van der Waals surface area contributed by atoms with E-state index in [4.69, 9.17) is 23.2 Å². The number of fused-ring (bicyclic) bond motifs is 1. The fourth-order valence-electron chi connectivity index (χ4n) is 1.57. The number of nitrogens with zero attached hydrogens (tertiary/aromatic N) is 3. The maximum atomic E-state index is 12.2. The van der Waals surface area contributed by atoms with Gasteiger partial charge in [-0.25, -0.2) is 0 Å². The van der Waals surface area contributed by atoms with Crippen molar-refractivity contribution in [2.75, 3.05) is 0 Å². The summed E-state index contributed by atoms with van der Waals surface area (Å²) in [4.78, 5) is 20.3. The number of benzene rings is 1. The molecule has 3 aromatic rings. The van der Waals surface area contributed by atoms with E-state index in [1.165, 1.54) is 9.63 Å². The molecule has 0 saturated carbocycles. The van der Waals surface area contributed by atoms with Crippen LogP contribution in [0.1, 0.15) is 0 Å². The van der Waals surface area contributed by atoms with E-state index in [0.717, 1.165) is 4.26 Å². The summed E-state index contributed by atoms with van der Waals surface area (Å²) in [5.41, 5.74) is -0.107. The molecule has 0 bridgehead atoms. The Labute approximate surface area is 118 Å². The molecule has 0 saturated heterocycles. The fraction of sp³-hybridized carbons (Fsp3) is 0. The van der Waals surface area contributed by atoms with E-state index in [9.17, 15) is 4.79 Å². The Morgan fingerprint density at radius 2 is 1.78 bits per heavy atom. The quantitative estimate of drug-likeness (QED) is 0.502. The minimum absolute atomic E-state index is 0.107. The molecule has 0 fully saturated rings. The first-order chi connectivity index (χ1) is 8.65. The standard InChI is InChI=1S/C11H5Cl2N3OSe/c12-8-5-9(13)15-11(14-8)16-10(17)6-3-1-2-4-7(6)18-16/h1-5H. The minimum atomic E-state index is -0.179. The molecule has 90 valence electrons. The van der Waals surface area contributed by atoms with Crippen molar-refractivity contribution < 1.29 is 0 Å². The second-order valence-corrected chi connectivity index (χ2v) is 6.35. The predicted molar refractivity (Wildman–Crippen MR) is 72.1 cm³/mol. The molecule has 2 heterocycles. The number of rotatable bonds is 1. The molecule has 2 aromatic heterocycles. The molecule has 0 aliphatic heterocycles. The van der Waals surface area contributed by atoms with Gasteiger partial charge in [-0.1, -0.05) is 0 Å². The summed E-state index contributed by atoms with van der Waals surface area (Å²) >= 11 is 11.5. The van der Waals surface area contributed by atoms with Crippen molar-refractivity contribution in [3.8, 4) is 5.95 Å². The molecule has 4 nitrogen and oxygen atoms in total. The second kappa shape index (κ2) is 4.52. The van der Waals surface area contributed by atoms with E-state index in [0.29, 0.717) is 5.39 Å². The van der Waals surface area contributed by atoms with Crippen LogP contribution in [-0.2, 0) is 0 Å². The zero-order chi connectivity index (χ0) is 12.7. The summed E-state index contributed by atoms with van der Waals surface area (Å²) in [6.45, 7) is 0. The zero-order valence-electron chi connectivity index (χ0n) is 8.80. The predicted octanol–water partition coefficient (Wildman–Crippen LogP) is 2.14. The Kier molecular flexibility index (Phi) is 2.99. The molecular weight excluding hydrogens is 340 g/mol. The van der Waals surface area contributed by atoms with Gasteiger partial charge in [-0.05, 0) is 0 Å². The van der Waals surface area contributed by atoms with Crippen LogP contribution in [0.4, 0.5) is 0 Å². The van der Waals surface area contributed by atoms with Gasteiger partial charge < -0.3 is 0 Å². The van der Waals surface area contributed by atoms with Crippen LogP contribution >= 0.6 is 23.2 Å². The Bertz CT molecular complexity index is 776. The summed E-state index contributed by atoms with van der Waals surface area (Å²) < 4.78 is 2.53. The Balaban J connectivity index is 2.31. The molecule has 7 heteroatoms. The molecule has 0 aliphatic rings. The van der Waals surface area contributed by atoms with Crippen molar-refractivity contribution in [1.29, 1.82) is 0 Å². The topological polar surface area (TPSA) is 47.8 Å². The first-order valence-corrected chi connectivity index (χ1v) is 7.34. The molecule has 0 radical (unpaired) electrons. The third-order valence-electron chi connectivity index (χ3n) is 2.33. The van der Waals surface area contributed by atoms with Crippen LogP contribution in [0.25, 0.3) is 15.6 Å². The summed E-state index contributed by atoms with van der Waals surface area (Å²) in [7, 11) is 0. The van der Waals surface area contributed by atoms with Gasteiger partial charge in [-0.15, -0.1) is 0 Å². The van der Waals surface area contributed by atoms with Crippen LogP contribution in [0.2, 0.25) is 10.3 Å². The number of hydrogen-bond acceptors (Lipinski definition) is 3. The van der Waals surface area contributed by atoms with Gasteiger partial charge in [-0.2, -0.15) is 0 Å². The SMILES string of the molecule is O=c1c2ccccc2[se]n1-c1nc(Cl)cc(Cl)n1. The molecule has 18 heavy (non-hydrogen) atoms. The Morgan fingerprint density at radius 3 is 2.44 bits per heavy atom. The third-order valence-corrected chi connectivity index (χ3v) is 4.95. The molecule has 0 spiro atoms. The van der Waals surface area contributed by atoms with E-state index in [2.05, 4.69) is 9.97 Å². The van der Waals surface area contributed by atoms with E-state index in [-0.39, 0.29) is 36.5 Å². The molecule has 0 atom stereocenters. The monoisotopic (exact) mass is 345 g/mol. The molecule has 0 N–H and O–H groups in total. The van der Waals surface area contributed by atoms with Crippen LogP contribution in [0.5, 0.6) is 0 Å². The van der Waals surface area contributed by atoms with Crippen LogP contribution in [-0.4, -0.2) is 28.3 Å². The van der Waals surface area contributed by atoms with Crippen LogP contribution in [0.3, 0.4) is 0 Å². The van der Waals surface area contributed by atoms with Gasteiger partial charge in [-0.3, -0.25) is 0 Å². The van der Waals surface area contributed by atoms with Crippen molar-refractivity contribution in [2.24, 2.45) is 0 Å². The summed E-state index contributed by atoms with van der Waals surface area (Å²) in [6.07, 6.45) is 0. The van der Waals surface area contributed by atoms with Gasteiger partial charge in [0, 0.05) is 0 Å². The van der Waals surface area contributed by atoms with E-state index < -0.39 is 0 Å². The van der Waals surface area contributed by atoms with Crippen molar-refractivity contribution in [3.63, 3.8) is 0 Å². The van der Waals surface area contributed by atoms with Crippen LogP contribution in [0.15, 0.2) is 35.1 Å². The van der Waals surface area contributed by atoms with E-state index in [1.807, 2.05) is 18.2 Å². The van der Waals surface area contributed by atoms with Crippen molar-refractivity contribution in [1.82, 2.24) is 13.5 Å². The number of hydrogen-bond donors (Lipinski definition) is 0. The van der Waals surface area contributed by atoms with Gasteiger partial charge in [0.05, 0.1) is 0 Å². The third kappa shape index (κ3) is 1.99. The normalized spacial score (nSPS) is 11.0. The average Bonchev–Trinajstić information content (AvgIpc) is 2.66. The van der Waals surface area contributed by atoms with Crippen molar-refractivity contribution >= 4 is 47.6 Å². The Hall–Kier alpha value is -1.13. The first kappa shape index (κ1) is 11.9. The van der Waals surface area contributed by atoms with Gasteiger partial charge in [0.1, 0.15) is 0 Å². The number of aromatic nitrogens is 3. The van der Waals surface area contributed by atoms with Crippen LogP contribution in [0, 0.1) is 0 Å². The molecule has 1 aromatic carbocycles. The fourth-order valence-corrected chi connectivity index (χ4v) is 3.95. The summed E-state index contributed by atoms with van der Waals surface area (Å²) in [5, 5.41) is 1.14. The van der Waals surface area contributed by atoms with Gasteiger partial charge in [0.15, 0.2) is 0 Å². The Morgan fingerprint density at radius 1 is 1.11 bits per heavy atom. The van der Waals surface area contributed by atoms with Crippen molar-refractivity contribution in [3.05, 3.63) is 51.0 Å². The van der Waals surface area contributed by atoms with Crippen LogP contribution < -0.4 is 5.56 Å². The zero-order valence-corrected chi connectivity index (χ0v) is 12.0. The first-order valence-electron chi connectivity index (χ1n) is 4.97. The number of halogens is 2. The summed E-state index contributed by atoms with van der Waals surface area (Å²) in [6, 6.07) is 8.91.